The zero-order valence-corrected chi connectivity index (χ0v) is 17.1. The number of aryl methyl sites for hydroxylation is 1. The third-order valence-corrected chi connectivity index (χ3v) is 5.56. The largest absolute Gasteiger partial charge is 0.341 e. The maximum Gasteiger partial charge on any atom is 0.333 e. The molecule has 0 aliphatic carbocycles. The van der Waals surface area contributed by atoms with Crippen LogP contribution < -0.4 is 11.2 Å². The van der Waals surface area contributed by atoms with E-state index in [-0.39, 0.29) is 17.8 Å². The van der Waals surface area contributed by atoms with Crippen molar-refractivity contribution in [2.75, 3.05) is 13.1 Å². The summed E-state index contributed by atoms with van der Waals surface area (Å²) in [5, 5.41) is 0.236. The van der Waals surface area contributed by atoms with E-state index in [0.29, 0.717) is 31.1 Å². The van der Waals surface area contributed by atoms with E-state index in [2.05, 4.69) is 9.97 Å². The third-order valence-electron chi connectivity index (χ3n) is 5.56. The van der Waals surface area contributed by atoms with Gasteiger partial charge in [-0.25, -0.2) is 14.8 Å². The van der Waals surface area contributed by atoms with Crippen LogP contribution in [0.4, 0.5) is 0 Å². The van der Waals surface area contributed by atoms with Crippen molar-refractivity contribution in [2.24, 2.45) is 0 Å². The van der Waals surface area contributed by atoms with Gasteiger partial charge in [0.2, 0.25) is 5.91 Å². The first-order valence-corrected chi connectivity index (χ1v) is 10.4. The second kappa shape index (κ2) is 8.61. The lowest BCUT2D eigenvalue weighted by molar-refractivity contribution is -0.131. The third kappa shape index (κ3) is 3.77. The molecule has 3 heterocycles. The fraction of sp³-hybridized carbons (Fsp3) is 0.409. The van der Waals surface area contributed by atoms with Crippen molar-refractivity contribution in [1.82, 2.24) is 24.0 Å². The zero-order chi connectivity index (χ0) is 21.1. The van der Waals surface area contributed by atoms with Gasteiger partial charge in [0.1, 0.15) is 11.9 Å². The molecule has 1 fully saturated rings. The number of nitrogens with zero attached hydrogens (tertiary/aromatic N) is 5. The van der Waals surface area contributed by atoms with Gasteiger partial charge in [-0.3, -0.25) is 18.7 Å². The molecule has 4 rings (SSSR count). The number of aromatic nitrogens is 4. The van der Waals surface area contributed by atoms with Gasteiger partial charge in [-0.1, -0.05) is 43.2 Å². The molecule has 0 saturated carbocycles. The minimum absolute atomic E-state index is 0.195. The highest BCUT2D eigenvalue weighted by Crippen LogP contribution is 2.16. The van der Waals surface area contributed by atoms with Crippen LogP contribution in [0.5, 0.6) is 0 Å². The Morgan fingerprint density at radius 1 is 1.00 bits per heavy atom. The molecule has 8 nitrogen and oxygen atoms in total. The van der Waals surface area contributed by atoms with Crippen molar-refractivity contribution in [3.8, 4) is 11.4 Å². The number of fused-ring (bicyclic) bond motifs is 1. The van der Waals surface area contributed by atoms with E-state index in [0.717, 1.165) is 35.8 Å². The number of hydrogen-bond donors (Lipinski definition) is 0. The second-order valence-corrected chi connectivity index (χ2v) is 7.51. The van der Waals surface area contributed by atoms with Crippen LogP contribution in [-0.4, -0.2) is 43.0 Å². The summed E-state index contributed by atoms with van der Waals surface area (Å²) in [5.41, 5.74) is 0.0493. The Labute approximate surface area is 173 Å². The summed E-state index contributed by atoms with van der Waals surface area (Å²) in [4.78, 5) is 49.5. The average molecular weight is 407 g/mol. The predicted molar refractivity (Wildman–Crippen MR) is 114 cm³/mol. The van der Waals surface area contributed by atoms with Crippen LogP contribution in [-0.2, 0) is 17.9 Å². The zero-order valence-electron chi connectivity index (χ0n) is 17.1. The summed E-state index contributed by atoms with van der Waals surface area (Å²) in [5.74, 6) is 0.252. The van der Waals surface area contributed by atoms with Gasteiger partial charge < -0.3 is 4.90 Å². The Morgan fingerprint density at radius 2 is 1.70 bits per heavy atom. The maximum absolute atomic E-state index is 13.1. The van der Waals surface area contributed by atoms with E-state index >= 15 is 0 Å². The molecule has 1 amide bonds. The van der Waals surface area contributed by atoms with Crippen LogP contribution in [0.25, 0.3) is 22.4 Å². The van der Waals surface area contributed by atoms with Crippen LogP contribution >= 0.6 is 0 Å². The summed E-state index contributed by atoms with van der Waals surface area (Å²) < 4.78 is 2.45. The normalized spacial score (nSPS) is 14.6. The first-order chi connectivity index (χ1) is 14.6. The monoisotopic (exact) mass is 407 g/mol. The van der Waals surface area contributed by atoms with Crippen molar-refractivity contribution in [3.63, 3.8) is 0 Å². The number of amides is 1. The number of hydrogen-bond acceptors (Lipinski definition) is 5. The lowest BCUT2D eigenvalue weighted by Crippen LogP contribution is -2.45. The number of likely N-dealkylation sites (tertiary alicyclic amines) is 1. The van der Waals surface area contributed by atoms with Gasteiger partial charge in [0.25, 0.3) is 5.56 Å². The standard InChI is InChI=1S/C22H25N5O3/c1-2-26-20-17(14-23-19(24-20)16-10-6-5-7-11-16)21(29)27(22(26)30)15-18(28)25-12-8-3-4-9-13-25/h5-7,10-11,14H,2-4,8-9,12-13,15H2,1H3. The fourth-order valence-corrected chi connectivity index (χ4v) is 3.90. The van der Waals surface area contributed by atoms with Crippen LogP contribution in [0, 0.1) is 0 Å². The smallest absolute Gasteiger partial charge is 0.333 e. The Kier molecular flexibility index (Phi) is 5.74. The summed E-state index contributed by atoms with van der Waals surface area (Å²) >= 11 is 0. The molecular weight excluding hydrogens is 382 g/mol. The molecule has 1 aliphatic heterocycles. The van der Waals surface area contributed by atoms with Crippen LogP contribution in [0.3, 0.4) is 0 Å². The Hall–Kier alpha value is -3.29. The minimum Gasteiger partial charge on any atom is -0.341 e. The molecular formula is C22H25N5O3. The summed E-state index contributed by atoms with van der Waals surface area (Å²) in [6.07, 6.45) is 5.56. The van der Waals surface area contributed by atoms with Crippen molar-refractivity contribution >= 4 is 16.9 Å². The summed E-state index contributed by atoms with van der Waals surface area (Å²) in [6, 6.07) is 9.39. The molecule has 0 spiro atoms. The van der Waals surface area contributed by atoms with Gasteiger partial charge in [-0.2, -0.15) is 0 Å². The molecule has 3 aromatic rings. The Bertz CT molecular complexity index is 1180. The highest BCUT2D eigenvalue weighted by molar-refractivity contribution is 5.78. The topological polar surface area (TPSA) is 90.1 Å². The molecule has 1 aliphatic rings. The number of rotatable bonds is 4. The predicted octanol–water partition coefficient (Wildman–Crippen LogP) is 2.04. The quantitative estimate of drug-likeness (QED) is 0.660. The molecule has 0 bridgehead atoms. The first-order valence-electron chi connectivity index (χ1n) is 10.4. The number of carbonyl (C=O) groups is 1. The second-order valence-electron chi connectivity index (χ2n) is 7.51. The molecule has 30 heavy (non-hydrogen) atoms. The van der Waals surface area contributed by atoms with E-state index < -0.39 is 11.2 Å². The minimum atomic E-state index is -0.525. The van der Waals surface area contributed by atoms with Gasteiger partial charge in [-0.15, -0.1) is 0 Å². The summed E-state index contributed by atoms with van der Waals surface area (Å²) in [7, 11) is 0. The Morgan fingerprint density at radius 3 is 2.37 bits per heavy atom. The van der Waals surface area contributed by atoms with Crippen molar-refractivity contribution in [3.05, 3.63) is 57.4 Å². The molecule has 0 unspecified atom stereocenters. The molecule has 2 aromatic heterocycles. The highest BCUT2D eigenvalue weighted by atomic mass is 16.2. The molecule has 1 aromatic carbocycles. The first kappa shape index (κ1) is 20.0. The van der Waals surface area contributed by atoms with E-state index in [1.807, 2.05) is 37.3 Å². The molecule has 1 saturated heterocycles. The Balaban J connectivity index is 1.77. The molecule has 0 N–H and O–H groups in total. The lowest BCUT2D eigenvalue weighted by Gasteiger charge is -2.21. The van der Waals surface area contributed by atoms with Gasteiger partial charge >= 0.3 is 5.69 Å². The van der Waals surface area contributed by atoms with E-state index in [1.54, 1.807) is 4.90 Å². The van der Waals surface area contributed by atoms with Crippen LogP contribution in [0.15, 0.2) is 46.1 Å². The van der Waals surface area contributed by atoms with E-state index in [1.165, 1.54) is 10.8 Å². The van der Waals surface area contributed by atoms with Gasteiger partial charge in [-0.05, 0) is 19.8 Å². The fourth-order valence-electron chi connectivity index (χ4n) is 3.90. The SMILES string of the molecule is CCn1c(=O)n(CC(=O)N2CCCCCC2)c(=O)c2cnc(-c3ccccc3)nc21. The van der Waals surface area contributed by atoms with Gasteiger partial charge in [0.15, 0.2) is 11.5 Å². The van der Waals surface area contributed by atoms with Crippen molar-refractivity contribution in [1.29, 1.82) is 0 Å². The molecule has 0 atom stereocenters. The summed E-state index contributed by atoms with van der Waals surface area (Å²) in [6.45, 7) is 3.24. The van der Waals surface area contributed by atoms with Gasteiger partial charge in [0.05, 0.1) is 0 Å². The molecule has 0 radical (unpaired) electrons. The van der Waals surface area contributed by atoms with Crippen LogP contribution in [0.2, 0.25) is 0 Å². The maximum atomic E-state index is 13.1. The van der Waals surface area contributed by atoms with Crippen molar-refractivity contribution in [2.45, 2.75) is 45.7 Å². The number of carbonyl (C=O) groups excluding carboxylic acids is 1. The van der Waals surface area contributed by atoms with Gasteiger partial charge in [0, 0.05) is 31.4 Å². The molecule has 8 heteroatoms. The average Bonchev–Trinajstić information content (AvgIpc) is 3.07. The lowest BCUT2D eigenvalue weighted by atomic mass is 10.2. The van der Waals surface area contributed by atoms with Crippen LogP contribution in [0.1, 0.15) is 32.6 Å². The highest BCUT2D eigenvalue weighted by Gasteiger charge is 2.21. The van der Waals surface area contributed by atoms with E-state index in [9.17, 15) is 14.4 Å². The van der Waals surface area contributed by atoms with E-state index in [4.69, 9.17) is 0 Å². The number of benzene rings is 1. The molecule has 156 valence electrons. The van der Waals surface area contributed by atoms with Crippen molar-refractivity contribution < 1.29 is 4.79 Å².